The summed E-state index contributed by atoms with van der Waals surface area (Å²) in [5.74, 6) is -0.979. The molecule has 0 radical (unpaired) electrons. The number of carboxylic acid groups (broad SMARTS) is 1. The van der Waals surface area contributed by atoms with E-state index in [2.05, 4.69) is 0 Å². The van der Waals surface area contributed by atoms with Gasteiger partial charge in [0.25, 0.3) is 0 Å². The Morgan fingerprint density at radius 2 is 2.05 bits per heavy atom. The molecule has 112 valence electrons. The molecule has 0 bridgehead atoms. The molecule has 6 nitrogen and oxygen atoms in total. The molecule has 1 atom stereocenters. The fourth-order valence-corrected chi connectivity index (χ4v) is 3.52. The van der Waals surface area contributed by atoms with E-state index >= 15 is 0 Å². The minimum Gasteiger partial charge on any atom is -0.495 e. The molecular formula is C13H19NO5S. The lowest BCUT2D eigenvalue weighted by Crippen LogP contribution is -2.42. The summed E-state index contributed by atoms with van der Waals surface area (Å²) < 4.78 is 31.0. The Hall–Kier alpha value is -1.60. The second kappa shape index (κ2) is 6.23. The molecule has 0 amide bonds. The van der Waals surface area contributed by atoms with Crippen LogP contribution in [0.3, 0.4) is 0 Å². The number of nitrogens with zero attached hydrogens (tertiary/aromatic N) is 1. The normalized spacial score (nSPS) is 13.2. The van der Waals surface area contributed by atoms with Gasteiger partial charge in [0, 0.05) is 7.05 Å². The lowest BCUT2D eigenvalue weighted by atomic mass is 10.2. The van der Waals surface area contributed by atoms with Crippen LogP contribution in [0.1, 0.15) is 18.9 Å². The number of rotatable bonds is 6. The number of likely N-dealkylation sites (N-methyl/N-ethyl adjacent to an activating group) is 1. The van der Waals surface area contributed by atoms with Crippen LogP contribution in [0.4, 0.5) is 0 Å². The van der Waals surface area contributed by atoms with E-state index in [1.807, 2.05) is 0 Å². The Morgan fingerprint density at radius 3 is 2.50 bits per heavy atom. The van der Waals surface area contributed by atoms with E-state index in [-0.39, 0.29) is 17.1 Å². The number of benzene rings is 1. The molecule has 1 aromatic rings. The first-order valence-corrected chi connectivity index (χ1v) is 7.55. The smallest absolute Gasteiger partial charge is 0.321 e. The third-order valence-corrected chi connectivity index (χ3v) is 4.97. The van der Waals surface area contributed by atoms with Gasteiger partial charge in [0.05, 0.1) is 7.11 Å². The quantitative estimate of drug-likeness (QED) is 0.860. The zero-order chi connectivity index (χ0) is 15.5. The monoisotopic (exact) mass is 301 g/mol. The third kappa shape index (κ3) is 3.10. The van der Waals surface area contributed by atoms with E-state index in [1.165, 1.54) is 20.2 Å². The van der Waals surface area contributed by atoms with Gasteiger partial charge in [-0.2, -0.15) is 4.31 Å². The molecule has 7 heteroatoms. The predicted molar refractivity (Wildman–Crippen MR) is 74.4 cm³/mol. The predicted octanol–water partition coefficient (Wildman–Crippen LogP) is 1.49. The van der Waals surface area contributed by atoms with Gasteiger partial charge in [-0.25, -0.2) is 8.42 Å². The van der Waals surface area contributed by atoms with E-state index < -0.39 is 22.0 Å². The second-order valence-corrected chi connectivity index (χ2v) is 6.40. The molecule has 0 saturated carbocycles. The van der Waals surface area contributed by atoms with E-state index in [0.717, 1.165) is 9.87 Å². The molecule has 0 saturated heterocycles. The maximum Gasteiger partial charge on any atom is 0.321 e. The fourth-order valence-electron chi connectivity index (χ4n) is 1.90. The highest BCUT2D eigenvalue weighted by Gasteiger charge is 2.33. The van der Waals surface area contributed by atoms with Gasteiger partial charge in [0.2, 0.25) is 10.0 Å². The highest BCUT2D eigenvalue weighted by Crippen LogP contribution is 2.28. The molecule has 0 aliphatic rings. The van der Waals surface area contributed by atoms with Crippen LogP contribution in [0.2, 0.25) is 0 Å². The summed E-state index contributed by atoms with van der Waals surface area (Å²) in [4.78, 5) is 11.1. The van der Waals surface area contributed by atoms with Crippen LogP contribution in [-0.4, -0.2) is 44.0 Å². The summed E-state index contributed by atoms with van der Waals surface area (Å²) in [6, 6.07) is 3.65. The molecule has 0 aliphatic carbocycles. The standard InChI is InChI=1S/C13H19NO5S/c1-5-10(13(15)16)14(3)20(17,18)12-8-9(2)6-7-11(12)19-4/h6-8,10H,5H2,1-4H3,(H,15,16). The van der Waals surface area contributed by atoms with Gasteiger partial charge >= 0.3 is 5.97 Å². The molecule has 0 heterocycles. The number of aryl methyl sites for hydroxylation is 1. The van der Waals surface area contributed by atoms with Crippen molar-refractivity contribution >= 4 is 16.0 Å². The molecule has 0 aliphatic heterocycles. The maximum atomic E-state index is 12.6. The number of aliphatic carboxylic acids is 1. The molecule has 0 fully saturated rings. The SMILES string of the molecule is CCC(C(=O)O)N(C)S(=O)(=O)c1cc(C)ccc1OC. The Kier molecular flexibility index (Phi) is 5.13. The van der Waals surface area contributed by atoms with Gasteiger partial charge in [0.1, 0.15) is 16.7 Å². The van der Waals surface area contributed by atoms with Gasteiger partial charge in [-0.05, 0) is 31.0 Å². The van der Waals surface area contributed by atoms with Crippen LogP contribution in [0.15, 0.2) is 23.1 Å². The van der Waals surface area contributed by atoms with Gasteiger partial charge in [-0.3, -0.25) is 4.79 Å². The van der Waals surface area contributed by atoms with Crippen LogP contribution < -0.4 is 4.74 Å². The first kappa shape index (κ1) is 16.5. The van der Waals surface area contributed by atoms with E-state index in [9.17, 15) is 13.2 Å². The van der Waals surface area contributed by atoms with Crippen molar-refractivity contribution in [2.45, 2.75) is 31.2 Å². The minimum absolute atomic E-state index is 0.0257. The highest BCUT2D eigenvalue weighted by molar-refractivity contribution is 7.89. The summed E-state index contributed by atoms with van der Waals surface area (Å²) in [7, 11) is -1.30. The lowest BCUT2D eigenvalue weighted by molar-refractivity contribution is -0.141. The van der Waals surface area contributed by atoms with E-state index in [4.69, 9.17) is 9.84 Å². The number of methoxy groups -OCH3 is 1. The third-order valence-electron chi connectivity index (χ3n) is 3.09. The van der Waals surface area contributed by atoms with E-state index in [0.29, 0.717) is 0 Å². The Bertz CT molecular complexity index is 597. The average molecular weight is 301 g/mol. The van der Waals surface area contributed by atoms with Crippen LogP contribution >= 0.6 is 0 Å². The second-order valence-electron chi connectivity index (χ2n) is 4.44. The van der Waals surface area contributed by atoms with Gasteiger partial charge < -0.3 is 9.84 Å². The van der Waals surface area contributed by atoms with Crippen molar-refractivity contribution in [1.82, 2.24) is 4.31 Å². The van der Waals surface area contributed by atoms with Gasteiger partial charge in [-0.15, -0.1) is 0 Å². The van der Waals surface area contributed by atoms with Crippen LogP contribution in [0, 0.1) is 6.92 Å². The van der Waals surface area contributed by atoms with Gasteiger partial charge in [0.15, 0.2) is 0 Å². The van der Waals surface area contributed by atoms with Crippen molar-refractivity contribution in [2.75, 3.05) is 14.2 Å². The van der Waals surface area contributed by atoms with Crippen molar-refractivity contribution in [2.24, 2.45) is 0 Å². The van der Waals surface area contributed by atoms with Gasteiger partial charge in [-0.1, -0.05) is 13.0 Å². The molecule has 1 aromatic carbocycles. The summed E-state index contributed by atoms with van der Waals surface area (Å²) >= 11 is 0. The summed E-state index contributed by atoms with van der Waals surface area (Å²) in [6.45, 7) is 3.38. The first-order chi connectivity index (χ1) is 9.25. The fraction of sp³-hybridized carbons (Fsp3) is 0.462. The van der Waals surface area contributed by atoms with E-state index in [1.54, 1.807) is 26.0 Å². The van der Waals surface area contributed by atoms with Crippen LogP contribution in [0.25, 0.3) is 0 Å². The summed E-state index contributed by atoms with van der Waals surface area (Å²) in [6.07, 6.45) is 0.180. The molecule has 1 N–H and O–H groups in total. The summed E-state index contributed by atoms with van der Waals surface area (Å²) in [5.41, 5.74) is 0.751. The first-order valence-electron chi connectivity index (χ1n) is 6.11. The molecular weight excluding hydrogens is 282 g/mol. The molecule has 1 rings (SSSR count). The average Bonchev–Trinajstić information content (AvgIpc) is 2.38. The number of ether oxygens (including phenoxy) is 1. The molecule has 0 aromatic heterocycles. The zero-order valence-electron chi connectivity index (χ0n) is 12.0. The van der Waals surface area contributed by atoms with Crippen molar-refractivity contribution in [3.8, 4) is 5.75 Å². The highest BCUT2D eigenvalue weighted by atomic mass is 32.2. The Morgan fingerprint density at radius 1 is 1.45 bits per heavy atom. The largest absolute Gasteiger partial charge is 0.495 e. The Labute approximate surface area is 119 Å². The van der Waals surface area contributed by atoms with Crippen molar-refractivity contribution in [1.29, 1.82) is 0 Å². The maximum absolute atomic E-state index is 12.6. The van der Waals surface area contributed by atoms with Crippen molar-refractivity contribution in [3.63, 3.8) is 0 Å². The number of carbonyl (C=O) groups is 1. The van der Waals surface area contributed by atoms with Crippen LogP contribution in [0.5, 0.6) is 5.75 Å². The van der Waals surface area contributed by atoms with Crippen molar-refractivity contribution in [3.05, 3.63) is 23.8 Å². The number of carboxylic acids is 1. The molecule has 1 unspecified atom stereocenters. The number of sulfonamides is 1. The topological polar surface area (TPSA) is 83.9 Å². The number of hydrogen-bond acceptors (Lipinski definition) is 4. The lowest BCUT2D eigenvalue weighted by Gasteiger charge is -2.24. The molecule has 0 spiro atoms. The zero-order valence-corrected chi connectivity index (χ0v) is 12.8. The van der Waals surface area contributed by atoms with Crippen LogP contribution in [-0.2, 0) is 14.8 Å². The minimum atomic E-state index is -3.93. The van der Waals surface area contributed by atoms with Crippen molar-refractivity contribution < 1.29 is 23.1 Å². The Balaban J connectivity index is 3.36. The number of hydrogen-bond donors (Lipinski definition) is 1. The molecule has 20 heavy (non-hydrogen) atoms. The summed E-state index contributed by atoms with van der Waals surface area (Å²) in [5, 5.41) is 9.10.